The lowest BCUT2D eigenvalue weighted by atomic mass is 9.97. The SMILES string of the molecule is CCc1ccc(/C=C2\C(=O)c3ccccc3C2=C(C#N)C#N)cc1. The molecular formula is C21H14N2O. The van der Waals surface area contributed by atoms with Crippen LogP contribution in [0.15, 0.2) is 59.7 Å². The van der Waals surface area contributed by atoms with E-state index in [-0.39, 0.29) is 11.4 Å². The van der Waals surface area contributed by atoms with Crippen LogP contribution in [0.1, 0.15) is 34.0 Å². The quantitative estimate of drug-likeness (QED) is 0.612. The summed E-state index contributed by atoms with van der Waals surface area (Å²) in [6.07, 6.45) is 2.70. The molecule has 1 aliphatic rings. The molecule has 0 bridgehead atoms. The number of hydrogen-bond donors (Lipinski definition) is 0. The molecule has 0 atom stereocenters. The van der Waals surface area contributed by atoms with Crippen LogP contribution in [-0.2, 0) is 6.42 Å². The predicted octanol–water partition coefficient (Wildman–Crippen LogP) is 4.33. The highest BCUT2D eigenvalue weighted by atomic mass is 16.1. The van der Waals surface area contributed by atoms with E-state index in [2.05, 4.69) is 6.92 Å². The molecule has 2 aromatic rings. The maximum atomic E-state index is 12.7. The van der Waals surface area contributed by atoms with E-state index in [0.29, 0.717) is 22.3 Å². The molecule has 0 unspecified atom stereocenters. The topological polar surface area (TPSA) is 64.7 Å². The molecular weight excluding hydrogens is 296 g/mol. The first-order valence-electron chi connectivity index (χ1n) is 7.69. The Kier molecular flexibility index (Phi) is 4.10. The van der Waals surface area contributed by atoms with Gasteiger partial charge in [0.2, 0.25) is 0 Å². The van der Waals surface area contributed by atoms with Crippen LogP contribution >= 0.6 is 0 Å². The molecule has 3 heteroatoms. The zero-order valence-corrected chi connectivity index (χ0v) is 13.2. The number of carbonyl (C=O) groups is 1. The number of carbonyl (C=O) groups excluding carboxylic acids is 1. The smallest absolute Gasteiger partial charge is 0.194 e. The Bertz CT molecular complexity index is 948. The van der Waals surface area contributed by atoms with Crippen molar-refractivity contribution in [3.05, 3.63) is 81.9 Å². The van der Waals surface area contributed by atoms with Gasteiger partial charge < -0.3 is 0 Å². The second-order valence-corrected chi connectivity index (χ2v) is 5.50. The van der Waals surface area contributed by atoms with E-state index in [4.69, 9.17) is 0 Å². The minimum atomic E-state index is -0.150. The van der Waals surface area contributed by atoms with E-state index in [1.807, 2.05) is 36.4 Å². The number of rotatable bonds is 2. The van der Waals surface area contributed by atoms with Gasteiger partial charge in [-0.2, -0.15) is 10.5 Å². The number of nitrogens with zero attached hydrogens (tertiary/aromatic N) is 2. The Labute approximate surface area is 140 Å². The molecule has 24 heavy (non-hydrogen) atoms. The van der Waals surface area contributed by atoms with Crippen molar-refractivity contribution < 1.29 is 4.79 Å². The minimum Gasteiger partial charge on any atom is -0.289 e. The molecule has 0 radical (unpaired) electrons. The van der Waals surface area contributed by atoms with Gasteiger partial charge in [0, 0.05) is 16.7 Å². The van der Waals surface area contributed by atoms with E-state index in [0.717, 1.165) is 12.0 Å². The first-order chi connectivity index (χ1) is 11.7. The van der Waals surface area contributed by atoms with Gasteiger partial charge in [0.15, 0.2) is 5.78 Å². The molecule has 0 amide bonds. The fourth-order valence-electron chi connectivity index (χ4n) is 2.86. The summed E-state index contributed by atoms with van der Waals surface area (Å²) < 4.78 is 0. The second kappa shape index (κ2) is 6.36. The van der Waals surface area contributed by atoms with Crippen molar-refractivity contribution in [2.75, 3.05) is 0 Å². The van der Waals surface area contributed by atoms with Crippen LogP contribution < -0.4 is 0 Å². The first kappa shape index (κ1) is 15.5. The van der Waals surface area contributed by atoms with Crippen LogP contribution in [0.3, 0.4) is 0 Å². The maximum absolute atomic E-state index is 12.7. The summed E-state index contributed by atoms with van der Waals surface area (Å²) >= 11 is 0. The summed E-state index contributed by atoms with van der Waals surface area (Å²) in [6.45, 7) is 2.08. The molecule has 0 aliphatic heterocycles. The number of ketones is 1. The van der Waals surface area contributed by atoms with Crippen molar-refractivity contribution >= 4 is 17.4 Å². The van der Waals surface area contributed by atoms with E-state index < -0.39 is 0 Å². The molecule has 0 saturated heterocycles. The number of benzene rings is 2. The van der Waals surface area contributed by atoms with E-state index in [1.165, 1.54) is 5.56 Å². The average molecular weight is 310 g/mol. The van der Waals surface area contributed by atoms with Crippen LogP contribution in [-0.4, -0.2) is 5.78 Å². The van der Waals surface area contributed by atoms with Gasteiger partial charge in [0.05, 0.1) is 0 Å². The Hall–Kier alpha value is -3.43. The van der Waals surface area contributed by atoms with Crippen LogP contribution in [0.25, 0.3) is 11.6 Å². The van der Waals surface area contributed by atoms with Crippen LogP contribution in [0.5, 0.6) is 0 Å². The second-order valence-electron chi connectivity index (χ2n) is 5.50. The first-order valence-corrected chi connectivity index (χ1v) is 7.69. The average Bonchev–Trinajstić information content (AvgIpc) is 2.90. The lowest BCUT2D eigenvalue weighted by Crippen LogP contribution is -1.96. The van der Waals surface area contributed by atoms with Crippen molar-refractivity contribution in [3.8, 4) is 12.1 Å². The summed E-state index contributed by atoms with van der Waals surface area (Å²) in [5.74, 6) is -0.150. The Morgan fingerprint density at radius 2 is 1.62 bits per heavy atom. The molecule has 1 aliphatic carbocycles. The predicted molar refractivity (Wildman–Crippen MR) is 92.7 cm³/mol. The Balaban J connectivity index is 2.21. The summed E-state index contributed by atoms with van der Waals surface area (Å²) in [6, 6.07) is 18.8. The molecule has 3 nitrogen and oxygen atoms in total. The minimum absolute atomic E-state index is 0.0373. The van der Waals surface area contributed by atoms with Gasteiger partial charge in [0.25, 0.3) is 0 Å². The number of allylic oxidation sites excluding steroid dienone is 3. The van der Waals surface area contributed by atoms with Crippen molar-refractivity contribution in [2.45, 2.75) is 13.3 Å². The lowest BCUT2D eigenvalue weighted by Gasteiger charge is -2.03. The largest absolute Gasteiger partial charge is 0.289 e. The number of aryl methyl sites for hydroxylation is 1. The van der Waals surface area contributed by atoms with Crippen LogP contribution in [0, 0.1) is 22.7 Å². The van der Waals surface area contributed by atoms with E-state index in [1.54, 1.807) is 30.3 Å². The third kappa shape index (κ3) is 2.53. The summed E-state index contributed by atoms with van der Waals surface area (Å²) in [5.41, 5.74) is 4.06. The Morgan fingerprint density at radius 3 is 2.21 bits per heavy atom. The molecule has 0 N–H and O–H groups in total. The van der Waals surface area contributed by atoms with Crippen molar-refractivity contribution in [1.29, 1.82) is 10.5 Å². The maximum Gasteiger partial charge on any atom is 0.194 e. The number of fused-ring (bicyclic) bond motifs is 1. The van der Waals surface area contributed by atoms with Gasteiger partial charge in [0.1, 0.15) is 17.7 Å². The van der Waals surface area contributed by atoms with Crippen molar-refractivity contribution in [1.82, 2.24) is 0 Å². The van der Waals surface area contributed by atoms with Crippen LogP contribution in [0.2, 0.25) is 0 Å². The highest BCUT2D eigenvalue weighted by Gasteiger charge is 2.31. The number of Topliss-reactive ketones (excluding diaryl/α,β-unsaturated/α-hetero) is 1. The van der Waals surface area contributed by atoms with Gasteiger partial charge in [-0.3, -0.25) is 4.79 Å². The standard InChI is InChI=1S/C21H14N2O/c1-2-14-7-9-15(10-8-14)11-19-20(16(12-22)13-23)17-5-3-4-6-18(17)21(19)24/h3-11H,2H2,1H3/b19-11-. The lowest BCUT2D eigenvalue weighted by molar-refractivity contribution is 0.104. The van der Waals surface area contributed by atoms with Crippen molar-refractivity contribution in [3.63, 3.8) is 0 Å². The molecule has 0 aromatic heterocycles. The zero-order valence-electron chi connectivity index (χ0n) is 13.2. The van der Waals surface area contributed by atoms with E-state index >= 15 is 0 Å². The Morgan fingerprint density at radius 1 is 1.00 bits per heavy atom. The fourth-order valence-corrected chi connectivity index (χ4v) is 2.86. The molecule has 0 fully saturated rings. The normalized spacial score (nSPS) is 14.2. The molecule has 0 saturated carbocycles. The van der Waals surface area contributed by atoms with Gasteiger partial charge in [-0.1, -0.05) is 55.5 Å². The fraction of sp³-hybridized carbons (Fsp3) is 0.0952. The van der Waals surface area contributed by atoms with Crippen LogP contribution in [0.4, 0.5) is 0 Å². The highest BCUT2D eigenvalue weighted by Crippen LogP contribution is 2.39. The molecule has 3 rings (SSSR count). The number of hydrogen-bond acceptors (Lipinski definition) is 3. The van der Waals surface area contributed by atoms with Gasteiger partial charge in [-0.25, -0.2) is 0 Å². The van der Waals surface area contributed by atoms with Gasteiger partial charge >= 0.3 is 0 Å². The molecule has 0 spiro atoms. The third-order valence-electron chi connectivity index (χ3n) is 4.13. The molecule has 2 aromatic carbocycles. The summed E-state index contributed by atoms with van der Waals surface area (Å²) in [4.78, 5) is 12.7. The third-order valence-corrected chi connectivity index (χ3v) is 4.13. The van der Waals surface area contributed by atoms with Gasteiger partial charge in [-0.15, -0.1) is 0 Å². The monoisotopic (exact) mass is 310 g/mol. The summed E-state index contributed by atoms with van der Waals surface area (Å²) in [5, 5.41) is 18.6. The van der Waals surface area contributed by atoms with Crippen molar-refractivity contribution in [2.24, 2.45) is 0 Å². The molecule has 0 heterocycles. The van der Waals surface area contributed by atoms with E-state index in [9.17, 15) is 15.3 Å². The highest BCUT2D eigenvalue weighted by molar-refractivity contribution is 6.29. The summed E-state index contributed by atoms with van der Waals surface area (Å²) in [7, 11) is 0. The molecule has 114 valence electrons. The number of nitriles is 2. The van der Waals surface area contributed by atoms with Gasteiger partial charge in [-0.05, 0) is 29.2 Å². The zero-order chi connectivity index (χ0) is 17.1.